The molecule has 5 heteroatoms. The standard InChI is InChI=1S/C22H21N3OS/c1-3-27-22-18(14-23)20(16-10-6-4-7-11-16)19(15(2)24-22)21(26)25-17-12-8-5-9-13-17/h4-13,20,24H,3H2,1-2H3,(H,25,26)/t20-/m0/s1. The second-order valence-corrected chi connectivity index (χ2v) is 7.39. The molecule has 1 aliphatic rings. The predicted molar refractivity (Wildman–Crippen MR) is 111 cm³/mol. The van der Waals surface area contributed by atoms with Crippen LogP contribution in [0.25, 0.3) is 0 Å². The molecular weight excluding hydrogens is 354 g/mol. The van der Waals surface area contributed by atoms with Gasteiger partial charge in [0.15, 0.2) is 0 Å². The first-order valence-corrected chi connectivity index (χ1v) is 9.80. The van der Waals surface area contributed by atoms with Crippen LogP contribution in [0.3, 0.4) is 0 Å². The van der Waals surface area contributed by atoms with Crippen molar-refractivity contribution in [3.8, 4) is 6.07 Å². The van der Waals surface area contributed by atoms with Crippen LogP contribution in [0.15, 0.2) is 82.5 Å². The molecule has 0 radical (unpaired) electrons. The van der Waals surface area contributed by atoms with Crippen LogP contribution in [-0.4, -0.2) is 11.7 Å². The van der Waals surface area contributed by atoms with Gasteiger partial charge in [-0.2, -0.15) is 5.26 Å². The minimum absolute atomic E-state index is 0.201. The Bertz CT molecular complexity index is 927. The Balaban J connectivity index is 2.06. The van der Waals surface area contributed by atoms with E-state index >= 15 is 0 Å². The molecule has 1 aliphatic heterocycles. The number of carbonyl (C=O) groups is 1. The van der Waals surface area contributed by atoms with Gasteiger partial charge in [-0.3, -0.25) is 4.79 Å². The number of hydrogen-bond donors (Lipinski definition) is 2. The lowest BCUT2D eigenvalue weighted by Gasteiger charge is -2.29. The average molecular weight is 375 g/mol. The maximum Gasteiger partial charge on any atom is 0.254 e. The maximum absolute atomic E-state index is 13.1. The quantitative estimate of drug-likeness (QED) is 0.790. The fourth-order valence-corrected chi connectivity index (χ4v) is 4.00. The third-order valence-corrected chi connectivity index (χ3v) is 5.24. The Morgan fingerprint density at radius 3 is 2.37 bits per heavy atom. The SMILES string of the molecule is CCSC1=C(C#N)[C@H](c2ccccc2)C(C(=O)Nc2ccccc2)=C(C)N1. The Kier molecular flexibility index (Phi) is 6.00. The third-order valence-electron chi connectivity index (χ3n) is 4.35. The third kappa shape index (κ3) is 4.07. The van der Waals surface area contributed by atoms with Crippen LogP contribution < -0.4 is 10.6 Å². The van der Waals surface area contributed by atoms with Crippen LogP contribution >= 0.6 is 11.8 Å². The molecule has 0 unspecified atom stereocenters. The highest BCUT2D eigenvalue weighted by Gasteiger charge is 2.34. The van der Waals surface area contributed by atoms with Gasteiger partial charge in [-0.05, 0) is 30.4 Å². The first kappa shape index (κ1) is 18.8. The monoisotopic (exact) mass is 375 g/mol. The van der Waals surface area contributed by atoms with Crippen LogP contribution in [0.5, 0.6) is 0 Å². The van der Waals surface area contributed by atoms with Crippen molar-refractivity contribution in [3.05, 3.63) is 88.1 Å². The Morgan fingerprint density at radius 2 is 1.78 bits per heavy atom. The molecule has 4 nitrogen and oxygen atoms in total. The molecule has 0 fully saturated rings. The van der Waals surface area contributed by atoms with Crippen molar-refractivity contribution in [2.75, 3.05) is 11.1 Å². The highest BCUT2D eigenvalue weighted by Crippen LogP contribution is 2.40. The number of carbonyl (C=O) groups excluding carboxylic acids is 1. The molecule has 2 aromatic rings. The number of anilines is 1. The lowest BCUT2D eigenvalue weighted by atomic mass is 9.82. The summed E-state index contributed by atoms with van der Waals surface area (Å²) in [6.07, 6.45) is 0. The van der Waals surface area contributed by atoms with Crippen molar-refractivity contribution >= 4 is 23.4 Å². The van der Waals surface area contributed by atoms with Crippen molar-refractivity contribution < 1.29 is 4.79 Å². The summed E-state index contributed by atoms with van der Waals surface area (Å²) in [5.74, 6) is 0.247. The molecule has 1 atom stereocenters. The molecule has 0 aliphatic carbocycles. The molecule has 2 N–H and O–H groups in total. The van der Waals surface area contributed by atoms with Gasteiger partial charge in [-0.15, -0.1) is 11.8 Å². The van der Waals surface area contributed by atoms with Gasteiger partial charge < -0.3 is 10.6 Å². The number of nitriles is 1. The number of thioether (sulfide) groups is 1. The van der Waals surface area contributed by atoms with E-state index in [1.54, 1.807) is 11.8 Å². The topological polar surface area (TPSA) is 64.9 Å². The molecule has 0 spiro atoms. The van der Waals surface area contributed by atoms with Crippen LogP contribution in [0.2, 0.25) is 0 Å². The van der Waals surface area contributed by atoms with E-state index in [-0.39, 0.29) is 5.91 Å². The second-order valence-electron chi connectivity index (χ2n) is 6.12. The summed E-state index contributed by atoms with van der Waals surface area (Å²) < 4.78 is 0. The zero-order valence-corrected chi connectivity index (χ0v) is 16.1. The zero-order chi connectivity index (χ0) is 19.2. The van der Waals surface area contributed by atoms with Crippen LogP contribution in [0, 0.1) is 11.3 Å². The minimum Gasteiger partial charge on any atom is -0.353 e. The molecule has 0 saturated carbocycles. The summed E-state index contributed by atoms with van der Waals surface area (Å²) in [5, 5.41) is 16.9. The van der Waals surface area contributed by atoms with E-state index in [0.29, 0.717) is 11.1 Å². The highest BCUT2D eigenvalue weighted by molar-refractivity contribution is 8.03. The van der Waals surface area contributed by atoms with Gasteiger partial charge in [-0.25, -0.2) is 0 Å². The first-order chi connectivity index (χ1) is 13.2. The van der Waals surface area contributed by atoms with Gasteiger partial charge in [-0.1, -0.05) is 55.5 Å². The molecule has 0 saturated heterocycles. The Hall–Kier alpha value is -2.97. The second kappa shape index (κ2) is 8.61. The average Bonchev–Trinajstić information content (AvgIpc) is 2.69. The van der Waals surface area contributed by atoms with E-state index in [9.17, 15) is 10.1 Å². The van der Waals surface area contributed by atoms with Crippen molar-refractivity contribution in [2.45, 2.75) is 19.8 Å². The lowest BCUT2D eigenvalue weighted by molar-refractivity contribution is -0.113. The summed E-state index contributed by atoms with van der Waals surface area (Å²) in [5.41, 5.74) is 3.58. The molecule has 2 aromatic carbocycles. The van der Waals surface area contributed by atoms with Crippen molar-refractivity contribution in [2.24, 2.45) is 0 Å². The molecule has 0 bridgehead atoms. The van der Waals surface area contributed by atoms with Gasteiger partial charge in [0.1, 0.15) is 0 Å². The smallest absolute Gasteiger partial charge is 0.254 e. The number of nitrogens with one attached hydrogen (secondary N) is 2. The summed E-state index contributed by atoms with van der Waals surface area (Å²) in [6.45, 7) is 3.93. The number of rotatable bonds is 5. The number of nitrogens with zero attached hydrogens (tertiary/aromatic N) is 1. The zero-order valence-electron chi connectivity index (χ0n) is 15.3. The molecule has 3 rings (SSSR count). The number of dihydropyridines is 1. The number of para-hydroxylation sites is 1. The summed E-state index contributed by atoms with van der Waals surface area (Å²) in [4.78, 5) is 13.1. The van der Waals surface area contributed by atoms with E-state index in [0.717, 1.165) is 27.7 Å². The fraction of sp³-hybridized carbons (Fsp3) is 0.182. The Morgan fingerprint density at radius 1 is 1.15 bits per heavy atom. The minimum atomic E-state index is -0.393. The maximum atomic E-state index is 13.1. The number of amides is 1. The summed E-state index contributed by atoms with van der Waals surface area (Å²) in [6, 6.07) is 21.4. The molecule has 0 aromatic heterocycles. The molecule has 136 valence electrons. The van der Waals surface area contributed by atoms with E-state index < -0.39 is 5.92 Å². The molecule has 1 heterocycles. The van der Waals surface area contributed by atoms with E-state index in [1.165, 1.54) is 0 Å². The van der Waals surface area contributed by atoms with Gasteiger partial charge in [0, 0.05) is 17.0 Å². The van der Waals surface area contributed by atoms with Crippen LogP contribution in [0.4, 0.5) is 5.69 Å². The lowest BCUT2D eigenvalue weighted by Crippen LogP contribution is -2.30. The van der Waals surface area contributed by atoms with Crippen LogP contribution in [-0.2, 0) is 4.79 Å². The normalized spacial score (nSPS) is 16.6. The van der Waals surface area contributed by atoms with Crippen LogP contribution in [0.1, 0.15) is 25.3 Å². The van der Waals surface area contributed by atoms with Crippen molar-refractivity contribution in [1.29, 1.82) is 5.26 Å². The number of hydrogen-bond acceptors (Lipinski definition) is 4. The van der Waals surface area contributed by atoms with E-state index in [1.807, 2.05) is 74.5 Å². The predicted octanol–water partition coefficient (Wildman–Crippen LogP) is 4.77. The Labute approximate surface area is 164 Å². The van der Waals surface area contributed by atoms with Gasteiger partial charge in [0.05, 0.1) is 22.6 Å². The fourth-order valence-electron chi connectivity index (χ4n) is 3.17. The number of allylic oxidation sites excluding steroid dienone is 2. The first-order valence-electron chi connectivity index (χ1n) is 8.82. The van der Waals surface area contributed by atoms with Gasteiger partial charge >= 0.3 is 0 Å². The highest BCUT2D eigenvalue weighted by atomic mass is 32.2. The molecule has 1 amide bonds. The van der Waals surface area contributed by atoms with Crippen molar-refractivity contribution in [1.82, 2.24) is 5.32 Å². The largest absolute Gasteiger partial charge is 0.353 e. The van der Waals surface area contributed by atoms with Gasteiger partial charge in [0.2, 0.25) is 0 Å². The van der Waals surface area contributed by atoms with Gasteiger partial charge in [0.25, 0.3) is 5.91 Å². The molecule has 27 heavy (non-hydrogen) atoms. The van der Waals surface area contributed by atoms with E-state index in [2.05, 4.69) is 16.7 Å². The number of benzene rings is 2. The molecular formula is C22H21N3OS. The van der Waals surface area contributed by atoms with Crippen molar-refractivity contribution in [3.63, 3.8) is 0 Å². The summed E-state index contributed by atoms with van der Waals surface area (Å²) in [7, 11) is 0. The van der Waals surface area contributed by atoms with E-state index in [4.69, 9.17) is 0 Å². The summed E-state index contributed by atoms with van der Waals surface area (Å²) >= 11 is 1.58.